The van der Waals surface area contributed by atoms with Crippen molar-refractivity contribution in [3.63, 3.8) is 0 Å². The number of benzene rings is 1. The molecule has 1 aromatic carbocycles. The summed E-state index contributed by atoms with van der Waals surface area (Å²) in [6, 6.07) is 7.63. The number of carbonyl (C=O) groups excluding carboxylic acids is 1. The van der Waals surface area contributed by atoms with Gasteiger partial charge in [-0.05, 0) is 36.4 Å². The molecule has 2 aromatic rings. The molecule has 0 aliphatic rings. The van der Waals surface area contributed by atoms with E-state index >= 15 is 0 Å². The van der Waals surface area contributed by atoms with E-state index in [9.17, 15) is 13.6 Å². The van der Waals surface area contributed by atoms with E-state index in [2.05, 4.69) is 4.42 Å². The van der Waals surface area contributed by atoms with Crippen LogP contribution in [0.1, 0.15) is 16.1 Å². The summed E-state index contributed by atoms with van der Waals surface area (Å²) in [5, 5.41) is 0.378. The Morgan fingerprint density at radius 2 is 1.82 bits per heavy atom. The van der Waals surface area contributed by atoms with Crippen molar-refractivity contribution >= 4 is 17.4 Å². The maximum Gasteiger partial charge on any atom is 0.366 e. The van der Waals surface area contributed by atoms with Crippen molar-refractivity contribution < 1.29 is 18.0 Å². The molecule has 0 unspecified atom stereocenters. The van der Waals surface area contributed by atoms with Crippen LogP contribution in [-0.2, 0) is 5.92 Å². The summed E-state index contributed by atoms with van der Waals surface area (Å²) in [5.74, 6) is -5.65. The first-order chi connectivity index (χ1) is 8.01. The molecule has 0 aliphatic heterocycles. The van der Waals surface area contributed by atoms with Crippen molar-refractivity contribution in [1.82, 2.24) is 0 Å². The molecule has 2 nitrogen and oxygen atoms in total. The van der Waals surface area contributed by atoms with Crippen LogP contribution < -0.4 is 0 Å². The van der Waals surface area contributed by atoms with Gasteiger partial charge in [-0.3, -0.25) is 4.79 Å². The zero-order valence-electron chi connectivity index (χ0n) is 8.49. The molecule has 0 radical (unpaired) electrons. The quantitative estimate of drug-likeness (QED) is 0.780. The monoisotopic (exact) mass is 256 g/mol. The van der Waals surface area contributed by atoms with Crippen LogP contribution in [0.5, 0.6) is 0 Å². The zero-order valence-corrected chi connectivity index (χ0v) is 9.25. The summed E-state index contributed by atoms with van der Waals surface area (Å²) in [6.07, 6.45) is 1.10. The summed E-state index contributed by atoms with van der Waals surface area (Å²) in [7, 11) is 0. The molecule has 0 saturated carbocycles. The Kier molecular flexibility index (Phi) is 2.98. The second kappa shape index (κ2) is 4.30. The lowest BCUT2D eigenvalue weighted by molar-refractivity contribution is -0.00654. The molecule has 0 fully saturated rings. The number of ketones is 1. The van der Waals surface area contributed by atoms with Crippen LogP contribution in [0, 0.1) is 0 Å². The molecule has 0 N–H and O–H groups in total. The van der Waals surface area contributed by atoms with Gasteiger partial charge >= 0.3 is 5.92 Å². The van der Waals surface area contributed by atoms with E-state index in [1.165, 1.54) is 30.3 Å². The highest BCUT2D eigenvalue weighted by Gasteiger charge is 2.44. The number of rotatable bonds is 3. The molecule has 0 spiro atoms. The Labute approximate surface area is 101 Å². The summed E-state index contributed by atoms with van der Waals surface area (Å²) in [6.45, 7) is 0. The number of hydrogen-bond acceptors (Lipinski definition) is 2. The van der Waals surface area contributed by atoms with Crippen LogP contribution in [0.2, 0.25) is 5.02 Å². The molecule has 1 heterocycles. The standard InChI is InChI=1S/C12H7ClF2O2/c13-9-5-3-8(4-6-9)11(16)12(14,15)10-2-1-7-17-10/h1-7H. The van der Waals surface area contributed by atoms with Crippen LogP contribution >= 0.6 is 11.6 Å². The normalized spacial score (nSPS) is 11.5. The average Bonchev–Trinajstić information content (AvgIpc) is 2.83. The number of furan rings is 1. The number of hydrogen-bond donors (Lipinski definition) is 0. The number of halogens is 3. The van der Waals surface area contributed by atoms with Gasteiger partial charge in [-0.1, -0.05) is 11.6 Å². The molecule has 1 aromatic heterocycles. The maximum atomic E-state index is 13.7. The van der Waals surface area contributed by atoms with Gasteiger partial charge in [0.15, 0.2) is 5.76 Å². The van der Waals surface area contributed by atoms with E-state index in [-0.39, 0.29) is 5.56 Å². The predicted octanol–water partition coefficient (Wildman–Crippen LogP) is 3.91. The van der Waals surface area contributed by atoms with Crippen LogP contribution in [0.4, 0.5) is 8.78 Å². The first kappa shape index (κ1) is 11.8. The van der Waals surface area contributed by atoms with Gasteiger partial charge in [0.25, 0.3) is 0 Å². The molecule has 88 valence electrons. The third-order valence-electron chi connectivity index (χ3n) is 2.22. The Morgan fingerprint density at radius 1 is 1.18 bits per heavy atom. The first-order valence-electron chi connectivity index (χ1n) is 4.74. The molecule has 0 saturated heterocycles. The highest BCUT2D eigenvalue weighted by Crippen LogP contribution is 2.32. The average molecular weight is 257 g/mol. The van der Waals surface area contributed by atoms with Crippen LogP contribution in [-0.4, -0.2) is 5.78 Å². The van der Waals surface area contributed by atoms with Gasteiger partial charge in [0.05, 0.1) is 6.26 Å². The van der Waals surface area contributed by atoms with Gasteiger partial charge in [-0.15, -0.1) is 0 Å². The summed E-state index contributed by atoms with van der Waals surface area (Å²) < 4.78 is 32.0. The Bertz CT molecular complexity index is 518. The van der Waals surface area contributed by atoms with Crippen LogP contribution in [0.25, 0.3) is 0 Å². The Morgan fingerprint density at radius 3 is 2.35 bits per heavy atom. The third-order valence-corrected chi connectivity index (χ3v) is 2.47. The maximum absolute atomic E-state index is 13.7. The van der Waals surface area contributed by atoms with Crippen molar-refractivity contribution in [2.24, 2.45) is 0 Å². The van der Waals surface area contributed by atoms with Gasteiger partial charge in [-0.2, -0.15) is 8.78 Å². The van der Waals surface area contributed by atoms with Crippen molar-refractivity contribution in [2.75, 3.05) is 0 Å². The molecule has 0 amide bonds. The smallest absolute Gasteiger partial charge is 0.366 e. The highest BCUT2D eigenvalue weighted by molar-refractivity contribution is 6.30. The molecular formula is C12H7ClF2O2. The van der Waals surface area contributed by atoms with E-state index in [4.69, 9.17) is 11.6 Å². The topological polar surface area (TPSA) is 30.2 Å². The summed E-state index contributed by atoms with van der Waals surface area (Å²) in [5.41, 5.74) is -0.115. The van der Waals surface area contributed by atoms with Gasteiger partial charge in [0, 0.05) is 10.6 Å². The van der Waals surface area contributed by atoms with E-state index in [1.54, 1.807) is 0 Å². The van der Waals surface area contributed by atoms with Crippen molar-refractivity contribution in [2.45, 2.75) is 5.92 Å². The fourth-order valence-corrected chi connectivity index (χ4v) is 1.48. The molecule has 5 heteroatoms. The highest BCUT2D eigenvalue weighted by atomic mass is 35.5. The van der Waals surface area contributed by atoms with E-state index in [0.29, 0.717) is 5.02 Å². The van der Waals surface area contributed by atoms with Gasteiger partial charge in [0.2, 0.25) is 5.78 Å². The van der Waals surface area contributed by atoms with Crippen molar-refractivity contribution in [3.05, 3.63) is 59.0 Å². The SMILES string of the molecule is O=C(c1ccc(Cl)cc1)C(F)(F)c1ccco1. The van der Waals surface area contributed by atoms with E-state index < -0.39 is 17.5 Å². The minimum atomic E-state index is -3.67. The fourth-order valence-electron chi connectivity index (χ4n) is 1.35. The van der Waals surface area contributed by atoms with Gasteiger partial charge in [0.1, 0.15) is 0 Å². The predicted molar refractivity (Wildman–Crippen MR) is 58.4 cm³/mol. The molecule has 0 atom stereocenters. The van der Waals surface area contributed by atoms with E-state index in [1.807, 2.05) is 0 Å². The molecule has 0 bridgehead atoms. The lowest BCUT2D eigenvalue weighted by Gasteiger charge is -2.12. The zero-order chi connectivity index (χ0) is 12.5. The summed E-state index contributed by atoms with van der Waals surface area (Å²) >= 11 is 5.61. The lowest BCUT2D eigenvalue weighted by Crippen LogP contribution is -2.25. The van der Waals surface area contributed by atoms with Crippen LogP contribution in [0.15, 0.2) is 47.1 Å². The number of carbonyl (C=O) groups is 1. The molecule has 2 rings (SSSR count). The minimum absolute atomic E-state index is 0.115. The van der Waals surface area contributed by atoms with E-state index in [0.717, 1.165) is 12.3 Å². The lowest BCUT2D eigenvalue weighted by atomic mass is 10.0. The van der Waals surface area contributed by atoms with Crippen LogP contribution in [0.3, 0.4) is 0 Å². The molecular weight excluding hydrogens is 250 g/mol. The molecule has 0 aliphatic carbocycles. The van der Waals surface area contributed by atoms with Crippen molar-refractivity contribution in [1.29, 1.82) is 0 Å². The fraction of sp³-hybridized carbons (Fsp3) is 0.0833. The second-order valence-electron chi connectivity index (χ2n) is 3.39. The second-order valence-corrected chi connectivity index (χ2v) is 3.82. The van der Waals surface area contributed by atoms with Gasteiger partial charge in [-0.25, -0.2) is 0 Å². The minimum Gasteiger partial charge on any atom is -0.462 e. The van der Waals surface area contributed by atoms with Crippen molar-refractivity contribution in [3.8, 4) is 0 Å². The Balaban J connectivity index is 2.34. The third kappa shape index (κ3) is 2.22. The van der Waals surface area contributed by atoms with Gasteiger partial charge < -0.3 is 4.42 Å². The number of alkyl halides is 2. The largest absolute Gasteiger partial charge is 0.462 e. The summed E-state index contributed by atoms with van der Waals surface area (Å²) in [4.78, 5) is 11.6. The number of Topliss-reactive ketones (excluding diaryl/α,β-unsaturated/α-hetero) is 1. The first-order valence-corrected chi connectivity index (χ1v) is 5.12. The molecule has 17 heavy (non-hydrogen) atoms. The Hall–Kier alpha value is -1.68.